The van der Waals surface area contributed by atoms with Gasteiger partial charge in [0.05, 0.1) is 41.8 Å². The minimum atomic E-state index is -1.01. The van der Waals surface area contributed by atoms with Gasteiger partial charge < -0.3 is 23.7 Å². The number of methoxy groups -OCH3 is 1. The maximum Gasteiger partial charge on any atom is 0.335 e. The van der Waals surface area contributed by atoms with Crippen LogP contribution >= 0.6 is 0 Å². The predicted octanol–water partition coefficient (Wildman–Crippen LogP) is 6.38. The number of fused-ring (bicyclic) bond motifs is 2. The van der Waals surface area contributed by atoms with Crippen molar-refractivity contribution in [3.8, 4) is 28.8 Å². The number of ether oxygens (including phenoxy) is 3. The lowest BCUT2D eigenvalue weighted by Gasteiger charge is -2.13. The zero-order chi connectivity index (χ0) is 30.6. The van der Waals surface area contributed by atoms with Gasteiger partial charge in [0.2, 0.25) is 5.82 Å². The van der Waals surface area contributed by atoms with E-state index in [0.717, 1.165) is 5.39 Å². The molecule has 0 bridgehead atoms. The second kappa shape index (κ2) is 12.1. The van der Waals surface area contributed by atoms with Crippen LogP contribution in [0, 0.1) is 0 Å². The van der Waals surface area contributed by atoms with E-state index in [1.54, 1.807) is 67.8 Å². The minimum Gasteiger partial charge on any atom is -0.496 e. The van der Waals surface area contributed by atoms with E-state index in [2.05, 4.69) is 5.10 Å². The fraction of sp³-hybridized carbons (Fsp3) is 0.118. The first-order valence-electron chi connectivity index (χ1n) is 13.8. The molecule has 0 saturated carbocycles. The van der Waals surface area contributed by atoms with Crippen molar-refractivity contribution in [2.75, 3.05) is 13.7 Å². The van der Waals surface area contributed by atoms with Crippen LogP contribution < -0.4 is 19.8 Å². The molecule has 6 rings (SSSR count). The van der Waals surface area contributed by atoms with Crippen LogP contribution in [0.5, 0.6) is 17.2 Å². The fourth-order valence-corrected chi connectivity index (χ4v) is 4.78. The van der Waals surface area contributed by atoms with Crippen molar-refractivity contribution in [2.45, 2.75) is 13.5 Å². The number of benzene rings is 4. The average Bonchev–Trinajstić information content (AvgIpc) is 3.49. The van der Waals surface area contributed by atoms with Gasteiger partial charge in [0.15, 0.2) is 17.3 Å². The highest BCUT2D eigenvalue weighted by Gasteiger charge is 2.18. The summed E-state index contributed by atoms with van der Waals surface area (Å²) in [6, 6.07) is 26.1. The molecule has 0 radical (unpaired) electrons. The third-order valence-corrected chi connectivity index (χ3v) is 6.87. The molecule has 4 aromatic carbocycles. The molecule has 0 atom stereocenters. The molecule has 0 spiro atoms. The molecule has 0 saturated heterocycles. The number of aromatic carboxylic acids is 1. The highest BCUT2D eigenvalue weighted by Crippen LogP contribution is 2.33. The third-order valence-electron chi connectivity index (χ3n) is 6.87. The van der Waals surface area contributed by atoms with Gasteiger partial charge in [-0.25, -0.2) is 9.78 Å². The molecular formula is C34H27N3O7. The fourth-order valence-electron chi connectivity index (χ4n) is 4.78. The molecule has 10 nitrogen and oxygen atoms in total. The van der Waals surface area contributed by atoms with Crippen molar-refractivity contribution >= 4 is 34.1 Å². The zero-order valence-electron chi connectivity index (χ0n) is 23.9. The van der Waals surface area contributed by atoms with Gasteiger partial charge in [0.1, 0.15) is 17.9 Å². The van der Waals surface area contributed by atoms with Crippen LogP contribution in [0.15, 0.2) is 105 Å². The van der Waals surface area contributed by atoms with E-state index < -0.39 is 5.97 Å². The van der Waals surface area contributed by atoms with Crippen molar-refractivity contribution in [2.24, 2.45) is 5.10 Å². The Balaban J connectivity index is 1.36. The number of rotatable bonds is 10. The smallest absolute Gasteiger partial charge is 0.335 e. The van der Waals surface area contributed by atoms with Gasteiger partial charge in [-0.05, 0) is 78.7 Å². The van der Waals surface area contributed by atoms with Crippen molar-refractivity contribution in [1.29, 1.82) is 0 Å². The Hall–Kier alpha value is -5.90. The first-order valence-corrected chi connectivity index (χ1v) is 13.8. The standard InChI is InChI=1S/C34H27N3O7/c1-3-42-30-17-21(14-15-29(30)43-20-22-8-6-9-23(16-22)34(39)40)19-35-37-32(36-26-11-5-4-10-24(26)33(37)38)31-18-25-27(41-2)12-7-13-28(25)44-31/h4-19H,3,20H2,1-2H3,(H,39,40). The monoisotopic (exact) mass is 589 g/mol. The summed E-state index contributed by atoms with van der Waals surface area (Å²) in [5, 5.41) is 15.0. The van der Waals surface area contributed by atoms with E-state index in [4.69, 9.17) is 23.6 Å². The Bertz CT molecular complexity index is 2100. The summed E-state index contributed by atoms with van der Waals surface area (Å²) >= 11 is 0. The van der Waals surface area contributed by atoms with Crippen molar-refractivity contribution < 1.29 is 28.5 Å². The Morgan fingerprint density at radius 2 is 1.77 bits per heavy atom. The van der Waals surface area contributed by atoms with Gasteiger partial charge in [-0.15, -0.1) is 0 Å². The van der Waals surface area contributed by atoms with E-state index in [0.29, 0.717) is 57.2 Å². The molecule has 0 aliphatic heterocycles. The topological polar surface area (TPSA) is 125 Å². The molecule has 0 aliphatic carbocycles. The lowest BCUT2D eigenvalue weighted by Crippen LogP contribution is -2.20. The molecular weight excluding hydrogens is 562 g/mol. The molecule has 10 heteroatoms. The zero-order valence-corrected chi connectivity index (χ0v) is 23.9. The Labute approximate surface area is 251 Å². The number of aromatic nitrogens is 2. The van der Waals surface area contributed by atoms with Crippen molar-refractivity contribution in [3.05, 3.63) is 118 Å². The Morgan fingerprint density at radius 1 is 0.932 bits per heavy atom. The highest BCUT2D eigenvalue weighted by atomic mass is 16.5. The van der Waals surface area contributed by atoms with Crippen LogP contribution in [-0.4, -0.2) is 40.7 Å². The van der Waals surface area contributed by atoms with Crippen LogP contribution in [-0.2, 0) is 6.61 Å². The number of hydrogen-bond donors (Lipinski definition) is 1. The van der Waals surface area contributed by atoms with Crippen LogP contribution in [0.1, 0.15) is 28.4 Å². The van der Waals surface area contributed by atoms with Gasteiger partial charge in [0.25, 0.3) is 5.56 Å². The number of carboxylic acid groups (broad SMARTS) is 1. The summed E-state index contributed by atoms with van der Waals surface area (Å²) in [4.78, 5) is 29.7. The summed E-state index contributed by atoms with van der Waals surface area (Å²) < 4.78 is 24.6. The van der Waals surface area contributed by atoms with Gasteiger partial charge in [-0.3, -0.25) is 4.79 Å². The Morgan fingerprint density at radius 3 is 2.59 bits per heavy atom. The molecule has 1 N–H and O–H groups in total. The largest absolute Gasteiger partial charge is 0.496 e. The summed E-state index contributed by atoms with van der Waals surface area (Å²) in [5.41, 5.74) is 2.28. The van der Waals surface area contributed by atoms with Gasteiger partial charge in [-0.1, -0.05) is 30.3 Å². The quantitative estimate of drug-likeness (QED) is 0.183. The minimum absolute atomic E-state index is 0.151. The first-order chi connectivity index (χ1) is 21.4. The molecule has 2 aromatic heterocycles. The second-order valence-corrected chi connectivity index (χ2v) is 9.73. The molecule has 0 amide bonds. The predicted molar refractivity (Wildman–Crippen MR) is 166 cm³/mol. The number of carbonyl (C=O) groups is 1. The van der Waals surface area contributed by atoms with Gasteiger partial charge >= 0.3 is 5.97 Å². The molecule has 0 fully saturated rings. The van der Waals surface area contributed by atoms with Crippen LogP contribution in [0.3, 0.4) is 0 Å². The summed E-state index contributed by atoms with van der Waals surface area (Å²) in [6.07, 6.45) is 1.53. The molecule has 6 aromatic rings. The van der Waals surface area contributed by atoms with Crippen molar-refractivity contribution in [1.82, 2.24) is 9.66 Å². The highest BCUT2D eigenvalue weighted by molar-refractivity contribution is 5.89. The molecule has 2 heterocycles. The third kappa shape index (κ3) is 5.60. The number of para-hydroxylation sites is 1. The number of hydrogen-bond acceptors (Lipinski definition) is 8. The lowest BCUT2D eigenvalue weighted by molar-refractivity contribution is 0.0696. The van der Waals surface area contributed by atoms with Crippen LogP contribution in [0.25, 0.3) is 33.5 Å². The normalized spacial score (nSPS) is 11.3. The van der Waals surface area contributed by atoms with Gasteiger partial charge in [0, 0.05) is 0 Å². The molecule has 0 unspecified atom stereocenters. The number of carboxylic acids is 1. The molecule has 0 aliphatic rings. The SMILES string of the molecule is CCOc1cc(C=Nn2c(-c3cc4c(OC)cccc4o3)nc3ccccc3c2=O)ccc1OCc1cccc(C(=O)O)c1. The number of furan rings is 1. The van der Waals surface area contributed by atoms with E-state index >= 15 is 0 Å². The molecule has 44 heavy (non-hydrogen) atoms. The summed E-state index contributed by atoms with van der Waals surface area (Å²) in [5.74, 6) is 1.17. The van der Waals surface area contributed by atoms with E-state index in [1.807, 2.05) is 31.2 Å². The van der Waals surface area contributed by atoms with E-state index in [9.17, 15) is 14.7 Å². The maximum atomic E-state index is 13.7. The summed E-state index contributed by atoms with van der Waals surface area (Å²) in [6.45, 7) is 2.40. The number of nitrogens with zero attached hydrogens (tertiary/aromatic N) is 3. The first kappa shape index (κ1) is 28.2. The van der Waals surface area contributed by atoms with Gasteiger partial charge in [-0.2, -0.15) is 9.78 Å². The summed E-state index contributed by atoms with van der Waals surface area (Å²) in [7, 11) is 1.58. The van der Waals surface area contributed by atoms with Crippen molar-refractivity contribution in [3.63, 3.8) is 0 Å². The van der Waals surface area contributed by atoms with E-state index in [1.165, 1.54) is 17.0 Å². The van der Waals surface area contributed by atoms with Crippen LogP contribution in [0.2, 0.25) is 0 Å². The maximum absolute atomic E-state index is 13.7. The Kier molecular flexibility index (Phi) is 7.79. The van der Waals surface area contributed by atoms with Crippen LogP contribution in [0.4, 0.5) is 0 Å². The average molecular weight is 590 g/mol. The second-order valence-electron chi connectivity index (χ2n) is 9.73. The molecule has 220 valence electrons. The lowest BCUT2D eigenvalue weighted by atomic mass is 10.1. The van der Waals surface area contributed by atoms with E-state index in [-0.39, 0.29) is 23.6 Å².